The maximum atomic E-state index is 13.2. The second-order valence-corrected chi connectivity index (χ2v) is 11.1. The van der Waals surface area contributed by atoms with Gasteiger partial charge in [-0.15, -0.1) is 0 Å². The molecule has 1 aromatic heterocycles. The van der Waals surface area contributed by atoms with Crippen molar-refractivity contribution in [2.24, 2.45) is 5.92 Å². The number of halogens is 2. The predicted octanol–water partition coefficient (Wildman–Crippen LogP) is 6.51. The molecule has 38 heavy (non-hydrogen) atoms. The van der Waals surface area contributed by atoms with Gasteiger partial charge in [0.15, 0.2) is 0 Å². The SMILES string of the molecule is O=C(C1CCCCC1)n1c(=O)ccc2ccc(OCCCCN3CCN(c4cccc(Cl)c4Cl)CC3)cc21. The van der Waals surface area contributed by atoms with E-state index in [0.29, 0.717) is 27.9 Å². The zero-order valence-electron chi connectivity index (χ0n) is 21.7. The van der Waals surface area contributed by atoms with Crippen molar-refractivity contribution in [1.29, 1.82) is 0 Å². The molecular formula is C30H35Cl2N3O3. The highest BCUT2D eigenvalue weighted by atomic mass is 35.5. The summed E-state index contributed by atoms with van der Waals surface area (Å²) in [6, 6.07) is 14.8. The molecule has 0 radical (unpaired) electrons. The molecule has 0 spiro atoms. The Bertz CT molecular complexity index is 1330. The molecule has 0 unspecified atom stereocenters. The summed E-state index contributed by atoms with van der Waals surface area (Å²) in [6.07, 6.45) is 6.96. The van der Waals surface area contributed by atoms with Crippen molar-refractivity contribution in [2.45, 2.75) is 44.9 Å². The van der Waals surface area contributed by atoms with Gasteiger partial charge in [-0.2, -0.15) is 0 Å². The number of benzene rings is 2. The van der Waals surface area contributed by atoms with Crippen LogP contribution < -0.4 is 15.2 Å². The van der Waals surface area contributed by atoms with Gasteiger partial charge in [-0.3, -0.25) is 14.5 Å². The Kier molecular flexibility index (Phi) is 8.93. The number of fused-ring (bicyclic) bond motifs is 1. The minimum absolute atomic E-state index is 0.0685. The second kappa shape index (κ2) is 12.5. The average molecular weight is 557 g/mol. The summed E-state index contributed by atoms with van der Waals surface area (Å²) in [5.41, 5.74) is 1.39. The number of carbonyl (C=O) groups excluding carboxylic acids is 1. The van der Waals surface area contributed by atoms with E-state index in [-0.39, 0.29) is 17.4 Å². The Morgan fingerprint density at radius 3 is 2.47 bits per heavy atom. The number of nitrogens with zero attached hydrogens (tertiary/aromatic N) is 3. The van der Waals surface area contributed by atoms with E-state index in [1.807, 2.05) is 36.4 Å². The molecule has 8 heteroatoms. The quantitative estimate of drug-likeness (QED) is 0.296. The normalized spacial score (nSPS) is 17.2. The first-order chi connectivity index (χ1) is 18.5. The Morgan fingerprint density at radius 1 is 0.921 bits per heavy atom. The summed E-state index contributed by atoms with van der Waals surface area (Å²) in [7, 11) is 0. The molecule has 2 aliphatic rings. The maximum absolute atomic E-state index is 13.2. The number of carbonyl (C=O) groups is 1. The van der Waals surface area contributed by atoms with Gasteiger partial charge in [-0.1, -0.05) is 48.5 Å². The van der Waals surface area contributed by atoms with E-state index in [2.05, 4.69) is 9.80 Å². The lowest BCUT2D eigenvalue weighted by molar-refractivity contribution is 0.0803. The van der Waals surface area contributed by atoms with Crippen molar-refractivity contribution in [3.8, 4) is 5.75 Å². The van der Waals surface area contributed by atoms with Gasteiger partial charge < -0.3 is 9.64 Å². The monoisotopic (exact) mass is 555 g/mol. The number of anilines is 1. The molecule has 1 saturated carbocycles. The first-order valence-corrected chi connectivity index (χ1v) is 14.5. The molecule has 1 saturated heterocycles. The van der Waals surface area contributed by atoms with E-state index in [9.17, 15) is 9.59 Å². The molecule has 3 aromatic rings. The van der Waals surface area contributed by atoms with Crippen LogP contribution in [0.5, 0.6) is 5.75 Å². The van der Waals surface area contributed by atoms with Crippen LogP contribution in [0.2, 0.25) is 10.0 Å². The molecule has 0 amide bonds. The van der Waals surface area contributed by atoms with Crippen molar-refractivity contribution >= 4 is 45.7 Å². The first kappa shape index (κ1) is 27.0. The summed E-state index contributed by atoms with van der Waals surface area (Å²) in [5.74, 6) is 0.552. The predicted molar refractivity (Wildman–Crippen MR) is 155 cm³/mol. The molecular weight excluding hydrogens is 521 g/mol. The fourth-order valence-electron chi connectivity index (χ4n) is 5.64. The van der Waals surface area contributed by atoms with Gasteiger partial charge in [0.2, 0.25) is 5.91 Å². The van der Waals surface area contributed by atoms with Crippen LogP contribution in [0.25, 0.3) is 10.9 Å². The van der Waals surface area contributed by atoms with Crippen molar-refractivity contribution in [1.82, 2.24) is 9.47 Å². The zero-order valence-corrected chi connectivity index (χ0v) is 23.2. The van der Waals surface area contributed by atoms with Gasteiger partial charge in [0.25, 0.3) is 5.56 Å². The van der Waals surface area contributed by atoms with Crippen molar-refractivity contribution in [3.05, 3.63) is 68.9 Å². The Morgan fingerprint density at radius 2 is 1.68 bits per heavy atom. The van der Waals surface area contributed by atoms with Gasteiger partial charge in [-0.05, 0) is 67.9 Å². The van der Waals surface area contributed by atoms with Crippen LogP contribution in [0.3, 0.4) is 0 Å². The minimum Gasteiger partial charge on any atom is -0.494 e. The summed E-state index contributed by atoms with van der Waals surface area (Å²) in [6.45, 7) is 5.44. The number of aromatic nitrogens is 1. The molecule has 1 aliphatic carbocycles. The van der Waals surface area contributed by atoms with Crippen LogP contribution in [0.4, 0.5) is 5.69 Å². The van der Waals surface area contributed by atoms with Crippen LogP contribution in [0.1, 0.15) is 49.7 Å². The van der Waals surface area contributed by atoms with E-state index in [1.165, 1.54) is 17.1 Å². The number of rotatable bonds is 8. The second-order valence-electron chi connectivity index (χ2n) is 10.4. The Balaban J connectivity index is 1.11. The van der Waals surface area contributed by atoms with Crippen molar-refractivity contribution in [3.63, 3.8) is 0 Å². The van der Waals surface area contributed by atoms with Gasteiger partial charge in [-0.25, -0.2) is 4.57 Å². The average Bonchev–Trinajstić information content (AvgIpc) is 2.95. The van der Waals surface area contributed by atoms with E-state index >= 15 is 0 Å². The van der Waals surface area contributed by atoms with Gasteiger partial charge in [0, 0.05) is 44.2 Å². The molecule has 1 aliphatic heterocycles. The summed E-state index contributed by atoms with van der Waals surface area (Å²) in [5, 5.41) is 2.10. The van der Waals surface area contributed by atoms with Crippen molar-refractivity contribution in [2.75, 3.05) is 44.2 Å². The highest BCUT2D eigenvalue weighted by Gasteiger charge is 2.24. The molecule has 2 fully saturated rings. The lowest BCUT2D eigenvalue weighted by Crippen LogP contribution is -2.46. The minimum atomic E-state index is -0.261. The molecule has 202 valence electrons. The van der Waals surface area contributed by atoms with E-state index in [0.717, 1.165) is 82.3 Å². The fourth-order valence-corrected chi connectivity index (χ4v) is 6.05. The van der Waals surface area contributed by atoms with Crippen LogP contribution in [0, 0.1) is 5.92 Å². The lowest BCUT2D eigenvalue weighted by Gasteiger charge is -2.36. The Hall–Kier alpha value is -2.54. The maximum Gasteiger partial charge on any atom is 0.257 e. The van der Waals surface area contributed by atoms with E-state index in [1.54, 1.807) is 6.07 Å². The van der Waals surface area contributed by atoms with Crippen LogP contribution >= 0.6 is 23.2 Å². The molecule has 5 rings (SSSR count). The molecule has 0 bridgehead atoms. The van der Waals surface area contributed by atoms with Crippen molar-refractivity contribution < 1.29 is 9.53 Å². The number of piperazine rings is 1. The summed E-state index contributed by atoms with van der Waals surface area (Å²) < 4.78 is 7.41. The van der Waals surface area contributed by atoms with Crippen LogP contribution in [-0.4, -0.2) is 54.7 Å². The Labute approximate surface area is 234 Å². The molecule has 0 N–H and O–H groups in total. The molecule has 0 atom stereocenters. The third-order valence-electron chi connectivity index (χ3n) is 7.83. The van der Waals surface area contributed by atoms with Gasteiger partial charge >= 0.3 is 0 Å². The fraction of sp³-hybridized carbons (Fsp3) is 0.467. The number of ether oxygens (including phenoxy) is 1. The number of hydrogen-bond donors (Lipinski definition) is 0. The summed E-state index contributed by atoms with van der Waals surface area (Å²) in [4.78, 5) is 30.7. The number of unbranched alkanes of at least 4 members (excludes halogenated alkanes) is 1. The number of pyridine rings is 1. The van der Waals surface area contributed by atoms with E-state index in [4.69, 9.17) is 27.9 Å². The summed E-state index contributed by atoms with van der Waals surface area (Å²) >= 11 is 12.6. The molecule has 6 nitrogen and oxygen atoms in total. The highest BCUT2D eigenvalue weighted by Crippen LogP contribution is 2.33. The molecule has 2 aromatic carbocycles. The first-order valence-electron chi connectivity index (χ1n) is 13.8. The van der Waals surface area contributed by atoms with Gasteiger partial charge in [0.1, 0.15) is 5.75 Å². The van der Waals surface area contributed by atoms with Crippen LogP contribution in [0.15, 0.2) is 53.3 Å². The zero-order chi connectivity index (χ0) is 26.5. The standard InChI is InChI=1S/C30H35Cl2N3O3/c31-25-9-6-10-26(29(25)32)34-18-16-33(17-19-34)15-4-5-20-38-24-13-11-22-12-14-28(36)35(27(22)21-24)30(37)23-7-2-1-3-8-23/h6,9-14,21,23H,1-5,7-8,15-20H2. The van der Waals surface area contributed by atoms with Gasteiger partial charge in [0.05, 0.1) is 27.9 Å². The lowest BCUT2D eigenvalue weighted by atomic mass is 9.88. The number of hydrogen-bond acceptors (Lipinski definition) is 5. The van der Waals surface area contributed by atoms with E-state index < -0.39 is 0 Å². The van der Waals surface area contributed by atoms with Crippen LogP contribution in [-0.2, 0) is 0 Å². The topological polar surface area (TPSA) is 54.8 Å². The smallest absolute Gasteiger partial charge is 0.257 e. The molecule has 2 heterocycles. The largest absolute Gasteiger partial charge is 0.494 e. The highest BCUT2D eigenvalue weighted by molar-refractivity contribution is 6.43. The third kappa shape index (κ3) is 6.19. The third-order valence-corrected chi connectivity index (χ3v) is 8.63.